The third-order valence-electron chi connectivity index (χ3n) is 12.1. The predicted octanol–water partition coefficient (Wildman–Crippen LogP) is -8.89. The molecule has 0 amide bonds. The second kappa shape index (κ2) is 18.2. The summed E-state index contributed by atoms with van der Waals surface area (Å²) in [6, 6.07) is 0. The first kappa shape index (κ1) is 43.7. The lowest BCUT2D eigenvalue weighted by Crippen LogP contribution is -2.64. The van der Waals surface area contributed by atoms with E-state index in [1.807, 2.05) is 0 Å². The Kier molecular flexibility index (Phi) is 14.4. The van der Waals surface area contributed by atoms with Crippen molar-refractivity contribution < 1.29 is 110 Å². The van der Waals surface area contributed by atoms with Gasteiger partial charge in [0.15, 0.2) is 31.1 Å². The fraction of sp³-hybridized carbons (Fsp3) is 1.00. The van der Waals surface area contributed by atoms with Gasteiger partial charge in [-0.05, 0) is 19.3 Å². The summed E-state index contributed by atoms with van der Waals surface area (Å²) < 4.78 is 39.7. The van der Waals surface area contributed by atoms with Gasteiger partial charge in [-0.2, -0.15) is 0 Å². The maximum Gasteiger partial charge on any atom is 0.187 e. The Morgan fingerprint density at radius 1 is 0.436 bits per heavy atom. The van der Waals surface area contributed by atoms with Crippen molar-refractivity contribution in [3.63, 3.8) is 0 Å². The highest BCUT2D eigenvalue weighted by atomic mass is 16.7. The Balaban J connectivity index is 1.23. The molecule has 0 bridgehead atoms. The van der Waals surface area contributed by atoms with Crippen LogP contribution in [0.15, 0.2) is 0 Å². The Morgan fingerprint density at radius 3 is 1.36 bits per heavy atom. The second-order valence-electron chi connectivity index (χ2n) is 15.6. The molecule has 4 aliphatic heterocycles. The van der Waals surface area contributed by atoms with Crippen molar-refractivity contribution in [3.05, 3.63) is 0 Å². The summed E-state index contributed by atoms with van der Waals surface area (Å²) >= 11 is 0. The van der Waals surface area contributed by atoms with Gasteiger partial charge in [0, 0.05) is 18.8 Å². The summed E-state index contributed by atoms with van der Waals surface area (Å²) in [6.07, 6.45) is -33.0. The van der Waals surface area contributed by atoms with E-state index in [0.717, 1.165) is 0 Å². The summed E-state index contributed by atoms with van der Waals surface area (Å²) in [6.45, 7) is -2.15. The average molecular weight is 806 g/mol. The van der Waals surface area contributed by atoms with Gasteiger partial charge in [-0.25, -0.2) is 0 Å². The Morgan fingerprint density at radius 2 is 0.891 bits per heavy atom. The molecule has 22 heteroatoms. The fourth-order valence-corrected chi connectivity index (χ4v) is 8.84. The van der Waals surface area contributed by atoms with Crippen molar-refractivity contribution in [2.45, 2.75) is 173 Å². The molecule has 6 rings (SSSR count). The molecule has 4 heterocycles. The summed E-state index contributed by atoms with van der Waals surface area (Å²) in [4.78, 5) is 0. The SMILES string of the molecule is OC[C@H]1O[C@@H](OC2CC(O)C3CC(O[C@@H]4O[C@H](CO)[C@@H](O)[C@@H](O)[C@H]4O)C(C4CC(O)C(O)C(O[C@@H]5O[C@H](CO)[C@@H](O)[C@@H](O)[C@H]5O)C4)[OH+]C3C2)[C@H](O)[C@H](O)[C@@H]1O. The molecule has 55 heavy (non-hydrogen) atoms. The minimum absolute atomic E-state index is 0.00745. The Bertz CT molecular complexity index is 1220. The average Bonchev–Trinajstić information content (AvgIpc) is 3.16. The highest BCUT2D eigenvalue weighted by molar-refractivity contribution is 5.01. The van der Waals surface area contributed by atoms with Gasteiger partial charge in [-0.1, -0.05) is 0 Å². The quantitative estimate of drug-likeness (QED) is 0.0911. The van der Waals surface area contributed by atoms with Gasteiger partial charge in [0.05, 0.1) is 50.2 Å². The Labute approximate surface area is 314 Å². The standard InChI is InChI=1S/C33H56O22/c34-6-17-21(40)24(43)27(46)31(53-17)49-10-3-12(37)11-5-16(52-33-29(48)26(45)23(42)19(8-36)55-33)30(50-14(11)4-10)9-1-13(38)20(39)15(2-9)51-32-28(47)25(44)22(41)18(7-35)54-32/h9-48H,1-8H2/p+1/t9?,10?,11?,12?,13?,14?,15?,16?,17-,18-,19-,20?,21-,22-,23-,24-,25-,26-,27-,28-,29-,30?,31-,32-,33-/m1/s1. The zero-order chi connectivity index (χ0) is 40.0. The third kappa shape index (κ3) is 8.87. The predicted molar refractivity (Wildman–Crippen MR) is 174 cm³/mol. The minimum atomic E-state index is -1.81. The van der Waals surface area contributed by atoms with E-state index in [0.29, 0.717) is 0 Å². The van der Waals surface area contributed by atoms with Crippen molar-refractivity contribution in [2.24, 2.45) is 11.8 Å². The maximum atomic E-state index is 11.4. The van der Waals surface area contributed by atoms with Crippen LogP contribution >= 0.6 is 0 Å². The molecule has 4 saturated heterocycles. The zero-order valence-electron chi connectivity index (χ0n) is 29.7. The first-order chi connectivity index (χ1) is 26.1. The third-order valence-corrected chi connectivity index (χ3v) is 12.1. The fourth-order valence-electron chi connectivity index (χ4n) is 8.84. The smallest absolute Gasteiger partial charge is 0.187 e. The molecule has 22 nitrogen and oxygen atoms in total. The lowest BCUT2D eigenvalue weighted by molar-refractivity contribution is -0.365. The van der Waals surface area contributed by atoms with Crippen molar-refractivity contribution in [2.75, 3.05) is 19.8 Å². The van der Waals surface area contributed by atoms with E-state index in [4.69, 9.17) is 33.2 Å². The van der Waals surface area contributed by atoms with Gasteiger partial charge < -0.3 is 110 Å². The van der Waals surface area contributed by atoms with Crippen LogP contribution in [0.5, 0.6) is 0 Å². The molecule has 320 valence electrons. The van der Waals surface area contributed by atoms with Gasteiger partial charge >= 0.3 is 0 Å². The van der Waals surface area contributed by atoms with Crippen molar-refractivity contribution in [1.82, 2.24) is 0 Å². The molecule has 2 aliphatic carbocycles. The maximum absolute atomic E-state index is 11.4. The molecule has 0 radical (unpaired) electrons. The number of hydrogen-bond acceptors (Lipinski definition) is 21. The molecule has 2 saturated carbocycles. The van der Waals surface area contributed by atoms with Crippen molar-refractivity contribution in [3.8, 4) is 0 Å². The summed E-state index contributed by atoms with van der Waals surface area (Å²) in [5.74, 6) is -1.32. The second-order valence-corrected chi connectivity index (χ2v) is 15.6. The highest BCUT2D eigenvalue weighted by Crippen LogP contribution is 2.44. The summed E-state index contributed by atoms with van der Waals surface area (Å²) in [5.41, 5.74) is 0. The van der Waals surface area contributed by atoms with Gasteiger partial charge in [-0.3, -0.25) is 0 Å². The van der Waals surface area contributed by atoms with Crippen LogP contribution in [-0.4, -0.2) is 242 Å². The van der Waals surface area contributed by atoms with Crippen LogP contribution in [-0.2, 0) is 28.4 Å². The van der Waals surface area contributed by atoms with E-state index >= 15 is 0 Å². The van der Waals surface area contributed by atoms with Gasteiger partial charge in [0.1, 0.15) is 85.5 Å². The van der Waals surface area contributed by atoms with Crippen LogP contribution in [0.4, 0.5) is 0 Å². The van der Waals surface area contributed by atoms with Crippen molar-refractivity contribution >= 4 is 0 Å². The van der Waals surface area contributed by atoms with Crippen LogP contribution < -0.4 is 0 Å². The molecule has 16 N–H and O–H groups in total. The van der Waals surface area contributed by atoms with E-state index < -0.39 is 173 Å². The molecule has 0 aromatic carbocycles. The summed E-state index contributed by atoms with van der Waals surface area (Å²) in [5, 5.41) is 156. The number of aliphatic hydroxyl groups is 17. The Hall–Kier alpha value is -0.880. The highest BCUT2D eigenvalue weighted by Gasteiger charge is 2.57. The lowest BCUT2D eigenvalue weighted by atomic mass is 9.72. The molecule has 6 fully saturated rings. The number of ether oxygens (including phenoxy) is 7. The molecule has 0 aromatic rings. The molecule has 0 spiro atoms. The van der Waals surface area contributed by atoms with Gasteiger partial charge in [0.25, 0.3) is 0 Å². The number of fused-ring (bicyclic) bond motifs is 1. The van der Waals surface area contributed by atoms with E-state index in [9.17, 15) is 76.6 Å². The summed E-state index contributed by atoms with van der Waals surface area (Å²) in [7, 11) is 0. The lowest BCUT2D eigenvalue weighted by Gasteiger charge is -2.50. The van der Waals surface area contributed by atoms with E-state index in [-0.39, 0.29) is 32.1 Å². The molecular weight excluding hydrogens is 748 g/mol. The molecule has 0 aromatic heterocycles. The number of rotatable bonds is 10. The van der Waals surface area contributed by atoms with Gasteiger partial charge in [-0.15, -0.1) is 0 Å². The largest absolute Gasteiger partial charge is 0.427 e. The normalized spacial score (nSPS) is 55.1. The van der Waals surface area contributed by atoms with E-state index in [1.165, 1.54) is 0 Å². The monoisotopic (exact) mass is 805 g/mol. The molecule has 6 aliphatic rings. The van der Waals surface area contributed by atoms with E-state index in [2.05, 4.69) is 0 Å². The van der Waals surface area contributed by atoms with Crippen LogP contribution in [0.2, 0.25) is 0 Å². The molecular formula is C33H57O22+. The molecule has 10 unspecified atom stereocenters. The van der Waals surface area contributed by atoms with Crippen LogP contribution in [0.3, 0.4) is 0 Å². The van der Waals surface area contributed by atoms with Crippen molar-refractivity contribution in [1.29, 1.82) is 0 Å². The topological polar surface area (TPSA) is 372 Å². The van der Waals surface area contributed by atoms with Crippen LogP contribution in [0.25, 0.3) is 0 Å². The number of aliphatic hydroxyl groups excluding tert-OH is 15. The first-order valence-corrected chi connectivity index (χ1v) is 18.7. The van der Waals surface area contributed by atoms with Crippen LogP contribution in [0.1, 0.15) is 32.1 Å². The van der Waals surface area contributed by atoms with Gasteiger partial charge in [0.2, 0.25) is 0 Å². The first-order valence-electron chi connectivity index (χ1n) is 18.7. The van der Waals surface area contributed by atoms with Crippen LogP contribution in [0, 0.1) is 11.8 Å². The van der Waals surface area contributed by atoms with E-state index in [1.54, 1.807) is 0 Å². The minimum Gasteiger partial charge on any atom is -0.427 e. The zero-order valence-corrected chi connectivity index (χ0v) is 29.7. The molecule has 25 atom stereocenters. The number of hydrogen-bond donors (Lipinski definition) is 15.